The fraction of sp³-hybridized carbons (Fsp3) is 0.714. The Morgan fingerprint density at radius 3 is 3.00 bits per heavy atom. The molecular formula is C14H24N2O2. The molecule has 0 atom stereocenters. The highest BCUT2D eigenvalue weighted by Crippen LogP contribution is 2.20. The second-order valence-electron chi connectivity index (χ2n) is 5.23. The molecule has 102 valence electrons. The van der Waals surface area contributed by atoms with Gasteiger partial charge in [-0.15, -0.1) is 0 Å². The summed E-state index contributed by atoms with van der Waals surface area (Å²) < 4.78 is 11.2. The lowest BCUT2D eigenvalue weighted by Gasteiger charge is -2.09. The van der Waals surface area contributed by atoms with Gasteiger partial charge in [0.05, 0.1) is 19.4 Å². The summed E-state index contributed by atoms with van der Waals surface area (Å²) in [5.41, 5.74) is 1.17. The third-order valence-electron chi connectivity index (χ3n) is 3.12. The van der Waals surface area contributed by atoms with E-state index in [4.69, 9.17) is 9.15 Å². The molecule has 1 aliphatic rings. The van der Waals surface area contributed by atoms with Crippen molar-refractivity contribution in [2.75, 3.05) is 27.2 Å². The first-order valence-corrected chi connectivity index (χ1v) is 6.77. The van der Waals surface area contributed by atoms with Crippen molar-refractivity contribution in [1.29, 1.82) is 0 Å². The summed E-state index contributed by atoms with van der Waals surface area (Å²) in [5.74, 6) is 1.02. The van der Waals surface area contributed by atoms with Crippen molar-refractivity contribution >= 4 is 0 Å². The molecule has 0 unspecified atom stereocenters. The molecule has 2 rings (SSSR count). The van der Waals surface area contributed by atoms with Crippen molar-refractivity contribution in [2.45, 2.75) is 38.5 Å². The van der Waals surface area contributed by atoms with Gasteiger partial charge in [0, 0.05) is 18.2 Å². The highest BCUT2D eigenvalue weighted by molar-refractivity contribution is 5.16. The molecule has 4 heteroatoms. The largest absolute Gasteiger partial charge is 0.468 e. The average molecular weight is 252 g/mol. The number of ether oxygens (including phenoxy) is 1. The quantitative estimate of drug-likeness (QED) is 0.682. The molecule has 0 aliphatic heterocycles. The standard InChI is InChI=1S/C14H24N2O2/c1-16(2)7-3-8-17-11-12-6-9-18-14(12)10-15-13-4-5-13/h6,9,13,15H,3-5,7-8,10-11H2,1-2H3. The molecule has 0 amide bonds. The first-order chi connectivity index (χ1) is 8.75. The molecule has 1 heterocycles. The van der Waals surface area contributed by atoms with E-state index in [2.05, 4.69) is 24.3 Å². The molecule has 0 bridgehead atoms. The van der Waals surface area contributed by atoms with E-state index in [1.807, 2.05) is 6.07 Å². The van der Waals surface area contributed by atoms with Crippen LogP contribution in [0.4, 0.5) is 0 Å². The summed E-state index contributed by atoms with van der Waals surface area (Å²) >= 11 is 0. The van der Waals surface area contributed by atoms with Gasteiger partial charge in [-0.25, -0.2) is 0 Å². The second kappa shape index (κ2) is 6.92. The second-order valence-corrected chi connectivity index (χ2v) is 5.23. The Hall–Kier alpha value is -0.840. The molecule has 0 aromatic carbocycles. The number of hydrogen-bond acceptors (Lipinski definition) is 4. The fourth-order valence-corrected chi connectivity index (χ4v) is 1.84. The smallest absolute Gasteiger partial charge is 0.123 e. The SMILES string of the molecule is CN(C)CCCOCc1ccoc1CNC1CC1. The van der Waals surface area contributed by atoms with Crippen molar-refractivity contribution in [3.8, 4) is 0 Å². The van der Waals surface area contributed by atoms with Gasteiger partial charge in [-0.3, -0.25) is 0 Å². The number of nitrogens with one attached hydrogen (secondary N) is 1. The minimum Gasteiger partial charge on any atom is -0.468 e. The van der Waals surface area contributed by atoms with Gasteiger partial charge in [0.15, 0.2) is 0 Å². The van der Waals surface area contributed by atoms with Crippen LogP contribution in [0.2, 0.25) is 0 Å². The van der Waals surface area contributed by atoms with E-state index >= 15 is 0 Å². The lowest BCUT2D eigenvalue weighted by Crippen LogP contribution is -2.16. The predicted molar refractivity (Wildman–Crippen MR) is 71.4 cm³/mol. The topological polar surface area (TPSA) is 37.6 Å². The van der Waals surface area contributed by atoms with E-state index in [1.54, 1.807) is 6.26 Å². The molecular weight excluding hydrogens is 228 g/mol. The van der Waals surface area contributed by atoms with Crippen molar-refractivity contribution in [1.82, 2.24) is 10.2 Å². The first kappa shape index (κ1) is 13.6. The Labute approximate surface area is 109 Å². The maximum atomic E-state index is 5.68. The molecule has 18 heavy (non-hydrogen) atoms. The third-order valence-corrected chi connectivity index (χ3v) is 3.12. The maximum Gasteiger partial charge on any atom is 0.123 e. The van der Waals surface area contributed by atoms with Crippen LogP contribution in [-0.4, -0.2) is 38.2 Å². The summed E-state index contributed by atoms with van der Waals surface area (Å²) in [6.45, 7) is 3.36. The van der Waals surface area contributed by atoms with Gasteiger partial charge in [-0.05, 0) is 46.0 Å². The maximum absolute atomic E-state index is 5.68. The van der Waals surface area contributed by atoms with Gasteiger partial charge in [0.1, 0.15) is 5.76 Å². The van der Waals surface area contributed by atoms with E-state index in [9.17, 15) is 0 Å². The highest BCUT2D eigenvalue weighted by Gasteiger charge is 2.21. The molecule has 1 N–H and O–H groups in total. The number of furan rings is 1. The molecule has 0 spiro atoms. The molecule has 1 fully saturated rings. The normalized spacial score (nSPS) is 15.5. The third kappa shape index (κ3) is 4.80. The summed E-state index contributed by atoms with van der Waals surface area (Å²) in [4.78, 5) is 2.17. The van der Waals surface area contributed by atoms with Crippen LogP contribution < -0.4 is 5.32 Å². The van der Waals surface area contributed by atoms with E-state index in [1.165, 1.54) is 18.4 Å². The summed E-state index contributed by atoms with van der Waals surface area (Å²) in [6.07, 6.45) is 5.43. The zero-order chi connectivity index (χ0) is 12.8. The van der Waals surface area contributed by atoms with E-state index in [0.717, 1.165) is 31.9 Å². The minimum absolute atomic E-state index is 0.658. The van der Waals surface area contributed by atoms with Gasteiger partial charge < -0.3 is 19.4 Å². The van der Waals surface area contributed by atoms with Crippen LogP contribution in [0, 0.1) is 0 Å². The van der Waals surface area contributed by atoms with Crippen LogP contribution >= 0.6 is 0 Å². The van der Waals surface area contributed by atoms with Crippen molar-refractivity contribution in [2.24, 2.45) is 0 Å². The van der Waals surface area contributed by atoms with Crippen LogP contribution in [0.1, 0.15) is 30.6 Å². The Kier molecular flexibility index (Phi) is 5.23. The first-order valence-electron chi connectivity index (χ1n) is 6.77. The average Bonchev–Trinajstić information content (AvgIpc) is 3.06. The zero-order valence-corrected chi connectivity index (χ0v) is 11.4. The molecule has 4 nitrogen and oxygen atoms in total. The number of rotatable bonds is 9. The monoisotopic (exact) mass is 252 g/mol. The molecule has 1 aliphatic carbocycles. The van der Waals surface area contributed by atoms with Gasteiger partial charge in [0.25, 0.3) is 0 Å². The van der Waals surface area contributed by atoms with Crippen LogP contribution in [-0.2, 0) is 17.9 Å². The van der Waals surface area contributed by atoms with E-state index < -0.39 is 0 Å². The summed E-state index contributed by atoms with van der Waals surface area (Å²) in [5, 5.41) is 3.46. The van der Waals surface area contributed by atoms with E-state index in [-0.39, 0.29) is 0 Å². The lowest BCUT2D eigenvalue weighted by atomic mass is 10.2. The van der Waals surface area contributed by atoms with Gasteiger partial charge in [-0.1, -0.05) is 0 Å². The number of nitrogens with zero attached hydrogens (tertiary/aromatic N) is 1. The Bertz CT molecular complexity index is 345. The molecule has 1 aromatic rings. The molecule has 0 saturated heterocycles. The van der Waals surface area contributed by atoms with Crippen LogP contribution in [0.5, 0.6) is 0 Å². The van der Waals surface area contributed by atoms with Gasteiger partial charge in [-0.2, -0.15) is 0 Å². The predicted octanol–water partition coefficient (Wildman–Crippen LogP) is 2.00. The van der Waals surface area contributed by atoms with Crippen molar-refractivity contribution in [3.05, 3.63) is 23.7 Å². The van der Waals surface area contributed by atoms with Gasteiger partial charge >= 0.3 is 0 Å². The highest BCUT2D eigenvalue weighted by atomic mass is 16.5. The van der Waals surface area contributed by atoms with Crippen molar-refractivity contribution < 1.29 is 9.15 Å². The molecule has 0 radical (unpaired) electrons. The Morgan fingerprint density at radius 2 is 2.28 bits per heavy atom. The number of hydrogen-bond donors (Lipinski definition) is 1. The Morgan fingerprint density at radius 1 is 1.44 bits per heavy atom. The van der Waals surface area contributed by atoms with Crippen LogP contribution in [0.3, 0.4) is 0 Å². The zero-order valence-electron chi connectivity index (χ0n) is 11.4. The van der Waals surface area contributed by atoms with Crippen LogP contribution in [0.15, 0.2) is 16.7 Å². The van der Waals surface area contributed by atoms with E-state index in [0.29, 0.717) is 12.6 Å². The summed E-state index contributed by atoms with van der Waals surface area (Å²) in [7, 11) is 4.16. The minimum atomic E-state index is 0.658. The Balaban J connectivity index is 1.63. The molecule has 1 aromatic heterocycles. The summed E-state index contributed by atoms with van der Waals surface area (Å²) in [6, 6.07) is 2.72. The van der Waals surface area contributed by atoms with Crippen LogP contribution in [0.25, 0.3) is 0 Å². The lowest BCUT2D eigenvalue weighted by molar-refractivity contribution is 0.112. The van der Waals surface area contributed by atoms with Crippen molar-refractivity contribution in [3.63, 3.8) is 0 Å². The molecule has 1 saturated carbocycles. The fourth-order valence-electron chi connectivity index (χ4n) is 1.84. The van der Waals surface area contributed by atoms with Gasteiger partial charge in [0.2, 0.25) is 0 Å².